The Kier molecular flexibility index (Phi) is 8.53. The van der Waals surface area contributed by atoms with E-state index in [0.717, 1.165) is 12.0 Å². The summed E-state index contributed by atoms with van der Waals surface area (Å²) in [6.45, 7) is 10.3. The van der Waals surface area contributed by atoms with Gasteiger partial charge < -0.3 is 5.32 Å². The summed E-state index contributed by atoms with van der Waals surface area (Å²) in [5.74, 6) is 0.829. The summed E-state index contributed by atoms with van der Waals surface area (Å²) in [6, 6.07) is 0.758. The van der Waals surface area contributed by atoms with Crippen LogP contribution in [0.5, 0.6) is 0 Å². The molecule has 13 heavy (non-hydrogen) atoms. The first-order valence-corrected chi connectivity index (χ1v) is 5.97. The van der Waals surface area contributed by atoms with Crippen molar-refractivity contribution in [3.63, 3.8) is 0 Å². The molecule has 0 radical (unpaired) electrons. The summed E-state index contributed by atoms with van der Waals surface area (Å²) >= 11 is 0. The van der Waals surface area contributed by atoms with Gasteiger partial charge in [0.05, 0.1) is 0 Å². The third-order valence-electron chi connectivity index (χ3n) is 2.85. The van der Waals surface area contributed by atoms with Crippen LogP contribution >= 0.6 is 0 Å². The minimum Gasteiger partial charge on any atom is -0.314 e. The molecule has 0 rings (SSSR count). The molecule has 1 nitrogen and oxygen atoms in total. The number of rotatable bonds is 8. The molecule has 0 saturated carbocycles. The molecule has 0 bridgehead atoms. The Balaban J connectivity index is 3.46. The maximum Gasteiger partial charge on any atom is 0.00645 e. The molecule has 0 spiro atoms. The van der Waals surface area contributed by atoms with E-state index in [9.17, 15) is 0 Å². The van der Waals surface area contributed by atoms with E-state index in [0.29, 0.717) is 0 Å². The zero-order valence-electron chi connectivity index (χ0n) is 9.90. The second kappa shape index (κ2) is 8.55. The van der Waals surface area contributed by atoms with Gasteiger partial charge in [0.25, 0.3) is 0 Å². The van der Waals surface area contributed by atoms with Crippen molar-refractivity contribution < 1.29 is 0 Å². The van der Waals surface area contributed by atoms with Gasteiger partial charge in [0.15, 0.2) is 0 Å². The Morgan fingerprint density at radius 3 is 2.23 bits per heavy atom. The van der Waals surface area contributed by atoms with E-state index in [1.54, 1.807) is 0 Å². The summed E-state index contributed by atoms with van der Waals surface area (Å²) in [7, 11) is 0. The highest BCUT2D eigenvalue weighted by molar-refractivity contribution is 4.66. The molecule has 2 unspecified atom stereocenters. The second-order valence-electron chi connectivity index (χ2n) is 4.17. The highest BCUT2D eigenvalue weighted by Gasteiger charge is 2.06. The van der Waals surface area contributed by atoms with E-state index in [2.05, 4.69) is 33.0 Å². The minimum absolute atomic E-state index is 0.758. The van der Waals surface area contributed by atoms with Gasteiger partial charge in [0, 0.05) is 6.04 Å². The predicted octanol–water partition coefficient (Wildman–Crippen LogP) is 3.59. The summed E-state index contributed by atoms with van der Waals surface area (Å²) in [5, 5.41) is 3.65. The van der Waals surface area contributed by atoms with E-state index >= 15 is 0 Å². The Morgan fingerprint density at radius 2 is 1.77 bits per heavy atom. The molecule has 0 amide bonds. The summed E-state index contributed by atoms with van der Waals surface area (Å²) in [4.78, 5) is 0. The van der Waals surface area contributed by atoms with Gasteiger partial charge in [-0.1, -0.05) is 47.0 Å². The zero-order valence-corrected chi connectivity index (χ0v) is 9.90. The van der Waals surface area contributed by atoms with Gasteiger partial charge in [-0.25, -0.2) is 0 Å². The summed E-state index contributed by atoms with van der Waals surface area (Å²) < 4.78 is 0. The van der Waals surface area contributed by atoms with E-state index in [-0.39, 0.29) is 0 Å². The van der Waals surface area contributed by atoms with E-state index in [4.69, 9.17) is 0 Å². The molecule has 0 aliphatic rings. The molecule has 0 aromatic carbocycles. The standard InChI is InChI=1S/C12H27N/c1-5-8-9-12(7-3)13-10-11(4)6-2/h11-13H,5-10H2,1-4H3. The fourth-order valence-corrected chi connectivity index (χ4v) is 1.41. The van der Waals surface area contributed by atoms with Gasteiger partial charge in [-0.15, -0.1) is 0 Å². The van der Waals surface area contributed by atoms with Gasteiger partial charge >= 0.3 is 0 Å². The summed E-state index contributed by atoms with van der Waals surface area (Å²) in [5.41, 5.74) is 0. The van der Waals surface area contributed by atoms with Gasteiger partial charge in [-0.3, -0.25) is 0 Å². The first-order valence-electron chi connectivity index (χ1n) is 5.97. The smallest absolute Gasteiger partial charge is 0.00645 e. The van der Waals surface area contributed by atoms with Crippen LogP contribution in [0.2, 0.25) is 0 Å². The SMILES string of the molecule is CCCCC(CC)NCC(C)CC. The zero-order chi connectivity index (χ0) is 10.1. The summed E-state index contributed by atoms with van der Waals surface area (Å²) in [6.07, 6.45) is 6.60. The van der Waals surface area contributed by atoms with Crippen LogP contribution in [-0.2, 0) is 0 Å². The van der Waals surface area contributed by atoms with Gasteiger partial charge in [0.2, 0.25) is 0 Å². The van der Waals surface area contributed by atoms with E-state index in [1.165, 1.54) is 38.6 Å². The molecule has 0 saturated heterocycles. The highest BCUT2D eigenvalue weighted by Crippen LogP contribution is 2.05. The molecule has 0 aliphatic heterocycles. The number of unbranched alkanes of at least 4 members (excludes halogenated alkanes) is 1. The quantitative estimate of drug-likeness (QED) is 0.609. The van der Waals surface area contributed by atoms with Gasteiger partial charge in [0.1, 0.15) is 0 Å². The third-order valence-corrected chi connectivity index (χ3v) is 2.85. The van der Waals surface area contributed by atoms with Crippen LogP contribution in [0.25, 0.3) is 0 Å². The largest absolute Gasteiger partial charge is 0.314 e. The molecule has 2 atom stereocenters. The lowest BCUT2D eigenvalue weighted by Crippen LogP contribution is -2.32. The lowest BCUT2D eigenvalue weighted by atomic mass is 10.1. The lowest BCUT2D eigenvalue weighted by Gasteiger charge is -2.19. The molecular formula is C12H27N. The van der Waals surface area contributed by atoms with Crippen LogP contribution in [0.15, 0.2) is 0 Å². The lowest BCUT2D eigenvalue weighted by molar-refractivity contribution is 0.404. The van der Waals surface area contributed by atoms with Crippen LogP contribution < -0.4 is 5.32 Å². The fourth-order valence-electron chi connectivity index (χ4n) is 1.41. The van der Waals surface area contributed by atoms with Crippen molar-refractivity contribution in [1.29, 1.82) is 0 Å². The maximum atomic E-state index is 3.65. The normalized spacial score (nSPS) is 15.7. The number of nitrogens with one attached hydrogen (secondary N) is 1. The van der Waals surface area contributed by atoms with Crippen molar-refractivity contribution in [2.24, 2.45) is 5.92 Å². The molecular weight excluding hydrogens is 158 g/mol. The average Bonchev–Trinajstić information content (AvgIpc) is 2.17. The molecule has 0 heterocycles. The predicted molar refractivity (Wildman–Crippen MR) is 61.1 cm³/mol. The number of hydrogen-bond acceptors (Lipinski definition) is 1. The van der Waals surface area contributed by atoms with Crippen molar-refractivity contribution in [2.75, 3.05) is 6.54 Å². The van der Waals surface area contributed by atoms with Crippen molar-refractivity contribution in [3.8, 4) is 0 Å². The fraction of sp³-hybridized carbons (Fsp3) is 1.00. The molecule has 0 aromatic rings. The molecule has 0 aliphatic carbocycles. The molecule has 0 aromatic heterocycles. The van der Waals surface area contributed by atoms with Crippen LogP contribution in [-0.4, -0.2) is 12.6 Å². The topological polar surface area (TPSA) is 12.0 Å². The first-order chi connectivity index (χ1) is 6.24. The van der Waals surface area contributed by atoms with Crippen LogP contribution in [0.1, 0.15) is 59.8 Å². The minimum atomic E-state index is 0.758. The number of hydrogen-bond donors (Lipinski definition) is 1. The Labute approximate surface area is 84.3 Å². The average molecular weight is 185 g/mol. The Bertz CT molecular complexity index is 101. The molecule has 80 valence electrons. The first kappa shape index (κ1) is 13.0. The van der Waals surface area contributed by atoms with Crippen molar-refractivity contribution in [2.45, 2.75) is 65.8 Å². The van der Waals surface area contributed by atoms with Crippen molar-refractivity contribution in [3.05, 3.63) is 0 Å². The van der Waals surface area contributed by atoms with Crippen LogP contribution in [0.4, 0.5) is 0 Å². The molecule has 0 fully saturated rings. The van der Waals surface area contributed by atoms with Gasteiger partial charge in [-0.2, -0.15) is 0 Å². The van der Waals surface area contributed by atoms with Crippen LogP contribution in [0.3, 0.4) is 0 Å². The van der Waals surface area contributed by atoms with Crippen molar-refractivity contribution in [1.82, 2.24) is 5.32 Å². The third kappa shape index (κ3) is 7.06. The second-order valence-corrected chi connectivity index (χ2v) is 4.17. The van der Waals surface area contributed by atoms with Crippen molar-refractivity contribution >= 4 is 0 Å². The Hall–Kier alpha value is -0.0400. The van der Waals surface area contributed by atoms with Gasteiger partial charge in [-0.05, 0) is 25.3 Å². The molecule has 1 N–H and O–H groups in total. The van der Waals surface area contributed by atoms with E-state index in [1.807, 2.05) is 0 Å². The maximum absolute atomic E-state index is 3.65. The molecule has 1 heteroatoms. The Morgan fingerprint density at radius 1 is 1.08 bits per heavy atom. The highest BCUT2D eigenvalue weighted by atomic mass is 14.9. The van der Waals surface area contributed by atoms with Crippen LogP contribution in [0, 0.1) is 5.92 Å². The monoisotopic (exact) mass is 185 g/mol. The van der Waals surface area contributed by atoms with E-state index < -0.39 is 0 Å².